The normalized spacial score (nSPS) is 11.8. The van der Waals surface area contributed by atoms with Crippen LogP contribution >= 0.6 is 0 Å². The topological polar surface area (TPSA) is 32.5 Å². The first-order valence-electron chi connectivity index (χ1n) is 9.16. The van der Waals surface area contributed by atoms with Gasteiger partial charge in [-0.15, -0.1) is 0 Å². The maximum atomic E-state index is 5.66. The van der Waals surface area contributed by atoms with Crippen molar-refractivity contribution < 1.29 is 0 Å². The number of nitrogens with two attached hydrogens (primary N) is 1. The third-order valence-corrected chi connectivity index (χ3v) is 5.26. The van der Waals surface area contributed by atoms with Crippen molar-refractivity contribution in [3.8, 4) is 11.1 Å². The standard InChI is InChI=1S/C24H25N3/c1-26(2)18-9-11-20-22(13-18)23-14-19(27(3)4)10-12-21(23)24(20)17-7-5-16(15-25)6-8-17/h5-15H,25H2,1-4H3. The van der Waals surface area contributed by atoms with Crippen LogP contribution in [-0.4, -0.2) is 28.2 Å². The first-order chi connectivity index (χ1) is 13.0. The van der Waals surface area contributed by atoms with Gasteiger partial charge in [0.25, 0.3) is 0 Å². The van der Waals surface area contributed by atoms with Gasteiger partial charge >= 0.3 is 0 Å². The van der Waals surface area contributed by atoms with Crippen molar-refractivity contribution in [2.45, 2.75) is 0 Å². The van der Waals surface area contributed by atoms with Gasteiger partial charge in [-0.25, -0.2) is 0 Å². The van der Waals surface area contributed by atoms with Crippen LogP contribution in [0.3, 0.4) is 0 Å². The lowest BCUT2D eigenvalue weighted by Gasteiger charge is -2.15. The van der Waals surface area contributed by atoms with E-state index in [1.54, 1.807) is 6.20 Å². The molecule has 0 saturated carbocycles. The predicted molar refractivity (Wildman–Crippen MR) is 116 cm³/mol. The van der Waals surface area contributed by atoms with Gasteiger partial charge in [0.2, 0.25) is 0 Å². The van der Waals surface area contributed by atoms with Crippen molar-refractivity contribution >= 4 is 23.1 Å². The van der Waals surface area contributed by atoms with Crippen LogP contribution in [0.15, 0.2) is 60.7 Å². The molecule has 2 N–H and O–H groups in total. The average Bonchev–Trinajstić information content (AvgIpc) is 3.01. The highest BCUT2D eigenvalue weighted by molar-refractivity contribution is 6.02. The number of hydrogen-bond acceptors (Lipinski definition) is 3. The number of fused-ring (bicyclic) bond motifs is 3. The molecule has 0 radical (unpaired) electrons. The zero-order valence-corrected chi connectivity index (χ0v) is 16.3. The fraction of sp³-hybridized carbons (Fsp3) is 0.167. The van der Waals surface area contributed by atoms with Gasteiger partial charge in [0.1, 0.15) is 0 Å². The summed E-state index contributed by atoms with van der Waals surface area (Å²) < 4.78 is 0. The fourth-order valence-corrected chi connectivity index (χ4v) is 3.72. The molecule has 3 aromatic rings. The Balaban J connectivity index is 2.06. The molecule has 0 amide bonds. The van der Waals surface area contributed by atoms with Crippen molar-refractivity contribution in [2.24, 2.45) is 5.73 Å². The van der Waals surface area contributed by atoms with E-state index in [0.29, 0.717) is 0 Å². The Bertz CT molecular complexity index is 1060. The third-order valence-electron chi connectivity index (χ3n) is 5.26. The van der Waals surface area contributed by atoms with Crippen molar-refractivity contribution in [3.63, 3.8) is 0 Å². The summed E-state index contributed by atoms with van der Waals surface area (Å²) >= 11 is 0. The molecule has 0 unspecified atom stereocenters. The summed E-state index contributed by atoms with van der Waals surface area (Å²) in [5, 5.41) is 2.25. The minimum atomic E-state index is 1.03. The summed E-state index contributed by atoms with van der Waals surface area (Å²) in [5.41, 5.74) is 14.5. The molecular weight excluding hydrogens is 330 g/mol. The van der Waals surface area contributed by atoms with Gasteiger partial charge in [0.15, 0.2) is 0 Å². The predicted octanol–water partition coefficient (Wildman–Crippen LogP) is 2.74. The van der Waals surface area contributed by atoms with Gasteiger partial charge in [-0.1, -0.05) is 36.4 Å². The van der Waals surface area contributed by atoms with Crippen LogP contribution in [0.4, 0.5) is 11.4 Å². The monoisotopic (exact) mass is 355 g/mol. The SMILES string of the molecule is CN(C)c1ccc2c(c1)-c1cc(N(C)C)ccc1C2=c1ccc(=CN)cc1. The molecule has 27 heavy (non-hydrogen) atoms. The first-order valence-corrected chi connectivity index (χ1v) is 9.16. The van der Waals surface area contributed by atoms with Crippen LogP contribution in [-0.2, 0) is 0 Å². The number of rotatable bonds is 2. The van der Waals surface area contributed by atoms with E-state index < -0.39 is 0 Å². The van der Waals surface area contributed by atoms with E-state index in [1.807, 2.05) is 0 Å². The van der Waals surface area contributed by atoms with Gasteiger partial charge in [0, 0.05) is 45.8 Å². The van der Waals surface area contributed by atoms with Gasteiger partial charge in [-0.2, -0.15) is 0 Å². The Hall–Kier alpha value is -3.20. The lowest BCUT2D eigenvalue weighted by atomic mass is 10.0. The van der Waals surface area contributed by atoms with Crippen LogP contribution in [0.5, 0.6) is 0 Å². The van der Waals surface area contributed by atoms with E-state index in [2.05, 4.69) is 98.7 Å². The van der Waals surface area contributed by atoms with E-state index >= 15 is 0 Å². The third kappa shape index (κ3) is 2.85. The highest BCUT2D eigenvalue weighted by Crippen LogP contribution is 2.45. The molecule has 0 aliphatic heterocycles. The van der Waals surface area contributed by atoms with Crippen LogP contribution in [0, 0.1) is 0 Å². The molecule has 3 aromatic carbocycles. The zero-order valence-electron chi connectivity index (χ0n) is 16.3. The second-order valence-corrected chi connectivity index (χ2v) is 7.41. The number of nitrogens with zero attached hydrogens (tertiary/aromatic N) is 2. The quantitative estimate of drug-likeness (QED) is 0.600. The second kappa shape index (κ2) is 6.51. The molecule has 0 saturated heterocycles. The number of anilines is 2. The summed E-state index contributed by atoms with van der Waals surface area (Å²) in [6, 6.07) is 21.9. The minimum Gasteiger partial charge on any atom is -0.404 e. The van der Waals surface area contributed by atoms with E-state index in [9.17, 15) is 0 Å². The van der Waals surface area contributed by atoms with Crippen molar-refractivity contribution in [2.75, 3.05) is 38.0 Å². The van der Waals surface area contributed by atoms with E-state index in [-0.39, 0.29) is 0 Å². The zero-order chi connectivity index (χ0) is 19.1. The van der Waals surface area contributed by atoms with Crippen molar-refractivity contribution in [1.82, 2.24) is 0 Å². The van der Waals surface area contributed by atoms with Crippen LogP contribution in [0.1, 0.15) is 11.1 Å². The number of hydrogen-bond donors (Lipinski definition) is 1. The Morgan fingerprint density at radius 2 is 1.11 bits per heavy atom. The highest BCUT2D eigenvalue weighted by Gasteiger charge is 2.25. The molecular formula is C24H25N3. The summed E-state index contributed by atoms with van der Waals surface area (Å²) in [7, 11) is 8.34. The molecule has 0 bridgehead atoms. The molecule has 0 atom stereocenters. The molecule has 4 rings (SSSR count). The Labute approximate surface area is 160 Å². The van der Waals surface area contributed by atoms with Gasteiger partial charge in [-0.05, 0) is 62.5 Å². The fourth-order valence-electron chi connectivity index (χ4n) is 3.72. The van der Waals surface area contributed by atoms with Gasteiger partial charge in [0.05, 0.1) is 0 Å². The van der Waals surface area contributed by atoms with Crippen molar-refractivity contribution in [1.29, 1.82) is 0 Å². The summed E-state index contributed by atoms with van der Waals surface area (Å²) in [6.45, 7) is 0. The summed E-state index contributed by atoms with van der Waals surface area (Å²) in [5.74, 6) is 0. The highest BCUT2D eigenvalue weighted by atomic mass is 15.1. The van der Waals surface area contributed by atoms with Crippen LogP contribution in [0.2, 0.25) is 0 Å². The maximum Gasteiger partial charge on any atom is 0.0367 e. The molecule has 0 spiro atoms. The second-order valence-electron chi connectivity index (χ2n) is 7.41. The number of benzene rings is 3. The molecule has 1 aliphatic carbocycles. The van der Waals surface area contributed by atoms with Gasteiger partial charge in [-0.3, -0.25) is 0 Å². The maximum absolute atomic E-state index is 5.66. The smallest absolute Gasteiger partial charge is 0.0367 e. The van der Waals surface area contributed by atoms with E-state index in [1.165, 1.54) is 44.4 Å². The Kier molecular flexibility index (Phi) is 4.15. The molecule has 3 heteroatoms. The van der Waals surface area contributed by atoms with Crippen LogP contribution < -0.4 is 26.0 Å². The lowest BCUT2D eigenvalue weighted by Crippen LogP contribution is -2.12. The summed E-state index contributed by atoms with van der Waals surface area (Å²) in [4.78, 5) is 4.30. The largest absolute Gasteiger partial charge is 0.404 e. The molecule has 1 aliphatic rings. The molecule has 3 nitrogen and oxygen atoms in total. The molecule has 136 valence electrons. The van der Waals surface area contributed by atoms with Gasteiger partial charge < -0.3 is 15.5 Å². The summed E-state index contributed by atoms with van der Waals surface area (Å²) in [6.07, 6.45) is 1.64. The molecule has 0 heterocycles. The van der Waals surface area contributed by atoms with E-state index in [4.69, 9.17) is 5.73 Å². The van der Waals surface area contributed by atoms with Crippen molar-refractivity contribution in [3.05, 3.63) is 82.2 Å². The first kappa shape index (κ1) is 17.2. The lowest BCUT2D eigenvalue weighted by molar-refractivity contribution is 1.13. The molecule has 0 fully saturated rings. The Morgan fingerprint density at radius 1 is 0.630 bits per heavy atom. The average molecular weight is 355 g/mol. The van der Waals surface area contributed by atoms with Crippen LogP contribution in [0.25, 0.3) is 22.9 Å². The van der Waals surface area contributed by atoms with E-state index in [0.717, 1.165) is 5.22 Å². The Morgan fingerprint density at radius 3 is 1.52 bits per heavy atom. The minimum absolute atomic E-state index is 1.03. The molecule has 0 aromatic heterocycles.